The number of carbonyl (C=O) groups excluding carboxylic acids is 1. The van der Waals surface area contributed by atoms with Gasteiger partial charge in [0.2, 0.25) is 0 Å². The van der Waals surface area contributed by atoms with Crippen LogP contribution >= 0.6 is 23.6 Å². The van der Waals surface area contributed by atoms with Gasteiger partial charge >= 0.3 is 0 Å². The third-order valence-corrected chi connectivity index (χ3v) is 5.54. The zero-order valence-corrected chi connectivity index (χ0v) is 18.3. The molecule has 0 spiro atoms. The number of aryl methyl sites for hydroxylation is 2. The molecule has 0 aliphatic carbocycles. The highest BCUT2D eigenvalue weighted by molar-refractivity contribution is 7.80. The Labute approximate surface area is 175 Å². The van der Waals surface area contributed by atoms with Crippen LogP contribution in [0.3, 0.4) is 0 Å². The van der Waals surface area contributed by atoms with Gasteiger partial charge in [0, 0.05) is 11.4 Å². The monoisotopic (exact) mass is 421 g/mol. The number of hydrazine groups is 1. The van der Waals surface area contributed by atoms with Crippen molar-refractivity contribution in [3.05, 3.63) is 45.1 Å². The second-order valence-corrected chi connectivity index (χ2v) is 7.88. The van der Waals surface area contributed by atoms with Crippen LogP contribution in [0.2, 0.25) is 0 Å². The van der Waals surface area contributed by atoms with Gasteiger partial charge in [-0.3, -0.25) is 15.6 Å². The van der Waals surface area contributed by atoms with Gasteiger partial charge in [-0.2, -0.15) is 0 Å². The summed E-state index contributed by atoms with van der Waals surface area (Å²) in [5.74, 6) is 1.21. The molecule has 0 saturated carbocycles. The van der Waals surface area contributed by atoms with Crippen LogP contribution in [0.15, 0.2) is 24.3 Å². The van der Waals surface area contributed by atoms with Crippen LogP contribution in [0.25, 0.3) is 0 Å². The highest BCUT2D eigenvalue weighted by Gasteiger charge is 2.12. The van der Waals surface area contributed by atoms with E-state index in [1.807, 2.05) is 31.2 Å². The largest absolute Gasteiger partial charge is 0.493 e. The van der Waals surface area contributed by atoms with Gasteiger partial charge in [0.05, 0.1) is 19.1 Å². The summed E-state index contributed by atoms with van der Waals surface area (Å²) in [6.45, 7) is 4.79. The average Bonchev–Trinajstić information content (AvgIpc) is 3.07. The number of ether oxygens (including phenoxy) is 2. The molecule has 1 amide bonds. The summed E-state index contributed by atoms with van der Waals surface area (Å²) >= 11 is 6.72. The van der Waals surface area contributed by atoms with E-state index >= 15 is 0 Å². The molecule has 0 bridgehead atoms. The zero-order chi connectivity index (χ0) is 20.5. The molecule has 0 fully saturated rings. The van der Waals surface area contributed by atoms with Gasteiger partial charge in [-0.05, 0) is 61.3 Å². The molecule has 2 rings (SSSR count). The Bertz CT molecular complexity index is 821. The first-order valence-corrected chi connectivity index (χ1v) is 10.3. The SMILES string of the molecule is CCCc1cc(C(=O)NNC(=S)NCCc2ccc(OC)c(OC)c2)sc1C. The molecule has 0 radical (unpaired) electrons. The van der Waals surface area contributed by atoms with Crippen molar-refractivity contribution >= 4 is 34.6 Å². The van der Waals surface area contributed by atoms with Gasteiger partial charge in [-0.15, -0.1) is 11.3 Å². The van der Waals surface area contributed by atoms with Gasteiger partial charge in [-0.25, -0.2) is 0 Å². The van der Waals surface area contributed by atoms with Crippen LogP contribution in [-0.4, -0.2) is 31.8 Å². The lowest BCUT2D eigenvalue weighted by atomic mass is 10.1. The van der Waals surface area contributed by atoms with Crippen molar-refractivity contribution < 1.29 is 14.3 Å². The fourth-order valence-electron chi connectivity index (χ4n) is 2.73. The fourth-order valence-corrected chi connectivity index (χ4v) is 3.85. The molecule has 1 aromatic carbocycles. The second kappa shape index (κ2) is 10.9. The van der Waals surface area contributed by atoms with E-state index in [-0.39, 0.29) is 5.91 Å². The maximum atomic E-state index is 12.3. The molecule has 0 saturated heterocycles. The normalized spacial score (nSPS) is 10.3. The van der Waals surface area contributed by atoms with E-state index in [1.165, 1.54) is 21.8 Å². The van der Waals surface area contributed by atoms with Gasteiger partial charge in [0.15, 0.2) is 16.6 Å². The number of hydrogen-bond donors (Lipinski definition) is 3. The van der Waals surface area contributed by atoms with E-state index in [0.29, 0.717) is 28.0 Å². The average molecular weight is 422 g/mol. The first-order chi connectivity index (χ1) is 13.5. The highest BCUT2D eigenvalue weighted by Crippen LogP contribution is 2.27. The van der Waals surface area contributed by atoms with Crippen molar-refractivity contribution in [2.24, 2.45) is 0 Å². The molecule has 3 N–H and O–H groups in total. The second-order valence-electron chi connectivity index (χ2n) is 6.22. The molecule has 1 heterocycles. The number of methoxy groups -OCH3 is 2. The van der Waals surface area contributed by atoms with Gasteiger partial charge in [-0.1, -0.05) is 19.4 Å². The number of carbonyl (C=O) groups is 1. The Hall–Kier alpha value is -2.32. The minimum atomic E-state index is -0.181. The van der Waals surface area contributed by atoms with Crippen molar-refractivity contribution in [2.75, 3.05) is 20.8 Å². The Kier molecular flexibility index (Phi) is 8.53. The van der Waals surface area contributed by atoms with Crippen LogP contribution in [-0.2, 0) is 12.8 Å². The molecule has 152 valence electrons. The van der Waals surface area contributed by atoms with E-state index < -0.39 is 0 Å². The number of benzene rings is 1. The lowest BCUT2D eigenvalue weighted by Crippen LogP contribution is -2.47. The molecular weight excluding hydrogens is 394 g/mol. The predicted octanol–water partition coefficient (Wildman–Crippen LogP) is 3.38. The molecule has 6 nitrogen and oxygen atoms in total. The van der Waals surface area contributed by atoms with E-state index in [2.05, 4.69) is 23.1 Å². The number of thiophene rings is 1. The quantitative estimate of drug-likeness (QED) is 0.448. The molecule has 0 unspecified atom stereocenters. The highest BCUT2D eigenvalue weighted by atomic mass is 32.1. The summed E-state index contributed by atoms with van der Waals surface area (Å²) in [6, 6.07) is 7.74. The number of rotatable bonds is 8. The van der Waals surface area contributed by atoms with Crippen LogP contribution in [0.1, 0.15) is 39.0 Å². The number of hydrogen-bond acceptors (Lipinski definition) is 5. The van der Waals surface area contributed by atoms with Gasteiger partial charge in [0.25, 0.3) is 5.91 Å². The number of nitrogens with one attached hydrogen (secondary N) is 3. The topological polar surface area (TPSA) is 71.6 Å². The first-order valence-electron chi connectivity index (χ1n) is 9.12. The van der Waals surface area contributed by atoms with Crippen LogP contribution in [0, 0.1) is 6.92 Å². The van der Waals surface area contributed by atoms with Crippen molar-refractivity contribution in [2.45, 2.75) is 33.1 Å². The molecule has 8 heteroatoms. The van der Waals surface area contributed by atoms with E-state index in [0.717, 1.165) is 24.8 Å². The Morgan fingerprint density at radius 2 is 1.86 bits per heavy atom. The summed E-state index contributed by atoms with van der Waals surface area (Å²) in [5, 5.41) is 3.45. The smallest absolute Gasteiger partial charge is 0.279 e. The third kappa shape index (κ3) is 6.10. The molecule has 28 heavy (non-hydrogen) atoms. The van der Waals surface area contributed by atoms with E-state index in [1.54, 1.807) is 14.2 Å². The lowest BCUT2D eigenvalue weighted by Gasteiger charge is -2.12. The Balaban J connectivity index is 1.77. The molecule has 0 aliphatic rings. The van der Waals surface area contributed by atoms with Crippen LogP contribution in [0.5, 0.6) is 11.5 Å². The van der Waals surface area contributed by atoms with E-state index in [9.17, 15) is 4.79 Å². The van der Waals surface area contributed by atoms with Crippen LogP contribution in [0.4, 0.5) is 0 Å². The molecule has 0 aliphatic heterocycles. The number of amides is 1. The fraction of sp³-hybridized carbons (Fsp3) is 0.400. The van der Waals surface area contributed by atoms with Gasteiger partial charge in [0.1, 0.15) is 0 Å². The minimum absolute atomic E-state index is 0.181. The van der Waals surface area contributed by atoms with Crippen molar-refractivity contribution in [1.82, 2.24) is 16.2 Å². The number of thiocarbonyl (C=S) groups is 1. The maximum absolute atomic E-state index is 12.3. The molecule has 1 aromatic heterocycles. The first kappa shape index (κ1) is 22.0. The minimum Gasteiger partial charge on any atom is -0.493 e. The van der Waals surface area contributed by atoms with Crippen molar-refractivity contribution in [3.8, 4) is 11.5 Å². The van der Waals surface area contributed by atoms with Crippen molar-refractivity contribution in [1.29, 1.82) is 0 Å². The molecule has 2 aromatic rings. The molecule has 0 atom stereocenters. The standard InChI is InChI=1S/C20H27N3O3S2/c1-5-6-15-12-18(28-13(15)2)19(24)22-23-20(27)21-10-9-14-7-8-16(25-3)17(11-14)26-4/h7-8,11-12H,5-6,9-10H2,1-4H3,(H,22,24)(H2,21,23,27). The van der Waals surface area contributed by atoms with Crippen molar-refractivity contribution in [3.63, 3.8) is 0 Å². The lowest BCUT2D eigenvalue weighted by molar-refractivity contribution is 0.0947. The summed E-state index contributed by atoms with van der Waals surface area (Å²) in [7, 11) is 3.22. The zero-order valence-electron chi connectivity index (χ0n) is 16.7. The Morgan fingerprint density at radius 3 is 2.54 bits per heavy atom. The summed E-state index contributed by atoms with van der Waals surface area (Å²) < 4.78 is 10.5. The maximum Gasteiger partial charge on any atom is 0.279 e. The summed E-state index contributed by atoms with van der Waals surface area (Å²) in [4.78, 5) is 14.1. The Morgan fingerprint density at radius 1 is 1.11 bits per heavy atom. The third-order valence-electron chi connectivity index (χ3n) is 4.20. The predicted molar refractivity (Wildman–Crippen MR) is 118 cm³/mol. The molecular formula is C20H27N3O3S2. The van der Waals surface area contributed by atoms with E-state index in [4.69, 9.17) is 21.7 Å². The summed E-state index contributed by atoms with van der Waals surface area (Å²) in [5.41, 5.74) is 7.72. The van der Waals surface area contributed by atoms with Gasteiger partial charge < -0.3 is 14.8 Å². The summed E-state index contributed by atoms with van der Waals surface area (Å²) in [6.07, 6.45) is 2.80. The van der Waals surface area contributed by atoms with Crippen LogP contribution < -0.4 is 25.6 Å².